The molecule has 1 aromatic carbocycles. The quantitative estimate of drug-likeness (QED) is 0.845. The number of fused-ring (bicyclic) bond motifs is 1. The van der Waals surface area contributed by atoms with E-state index < -0.39 is 0 Å². The molecule has 94 valence electrons. The number of hydrogen-bond acceptors (Lipinski definition) is 1. The van der Waals surface area contributed by atoms with Crippen molar-refractivity contribution in [3.8, 4) is 0 Å². The number of pyridine rings is 1. The molecular formula is C14H13BrFNO. The molecule has 1 heterocycles. The van der Waals surface area contributed by atoms with Crippen LogP contribution in [0.15, 0.2) is 27.5 Å². The molecule has 1 aromatic heterocycles. The van der Waals surface area contributed by atoms with Gasteiger partial charge in [-0.15, -0.1) is 0 Å². The van der Waals surface area contributed by atoms with Gasteiger partial charge in [0, 0.05) is 17.1 Å². The first-order valence-electron chi connectivity index (χ1n) is 6.17. The van der Waals surface area contributed by atoms with E-state index in [0.29, 0.717) is 21.3 Å². The van der Waals surface area contributed by atoms with Crippen LogP contribution in [0.2, 0.25) is 0 Å². The summed E-state index contributed by atoms with van der Waals surface area (Å²) in [6.45, 7) is 0. The molecule has 2 aromatic rings. The van der Waals surface area contributed by atoms with Crippen LogP contribution < -0.4 is 5.43 Å². The topological polar surface area (TPSA) is 32.9 Å². The zero-order chi connectivity index (χ0) is 12.7. The lowest BCUT2D eigenvalue weighted by atomic mass is 10.0. The molecule has 2 nitrogen and oxygen atoms in total. The Labute approximate surface area is 112 Å². The van der Waals surface area contributed by atoms with Gasteiger partial charge in [0.25, 0.3) is 0 Å². The Kier molecular flexibility index (Phi) is 2.98. The third kappa shape index (κ3) is 1.99. The van der Waals surface area contributed by atoms with Crippen molar-refractivity contribution in [3.63, 3.8) is 0 Å². The van der Waals surface area contributed by atoms with Gasteiger partial charge in [-0.2, -0.15) is 0 Å². The van der Waals surface area contributed by atoms with E-state index in [0.717, 1.165) is 18.5 Å². The van der Waals surface area contributed by atoms with Gasteiger partial charge in [0.2, 0.25) is 0 Å². The number of aromatic amines is 1. The van der Waals surface area contributed by atoms with Gasteiger partial charge in [-0.05, 0) is 46.8 Å². The van der Waals surface area contributed by atoms with Crippen molar-refractivity contribution >= 4 is 26.8 Å². The highest BCUT2D eigenvalue weighted by molar-refractivity contribution is 9.10. The Morgan fingerprint density at radius 3 is 2.67 bits per heavy atom. The average molecular weight is 310 g/mol. The van der Waals surface area contributed by atoms with Crippen LogP contribution in [-0.2, 0) is 0 Å². The lowest BCUT2D eigenvalue weighted by Crippen LogP contribution is -2.08. The normalized spacial score (nSPS) is 16.6. The molecule has 1 N–H and O–H groups in total. The molecule has 1 saturated carbocycles. The van der Waals surface area contributed by atoms with E-state index in [9.17, 15) is 9.18 Å². The summed E-state index contributed by atoms with van der Waals surface area (Å²) < 4.78 is 13.8. The Balaban J connectivity index is 2.20. The van der Waals surface area contributed by atoms with Crippen LogP contribution in [-0.4, -0.2) is 4.98 Å². The van der Waals surface area contributed by atoms with Gasteiger partial charge in [-0.3, -0.25) is 4.79 Å². The largest absolute Gasteiger partial charge is 0.358 e. The summed E-state index contributed by atoms with van der Waals surface area (Å²) in [6.07, 6.45) is 4.64. The lowest BCUT2D eigenvalue weighted by molar-refractivity contribution is 0.622. The molecule has 0 spiro atoms. The van der Waals surface area contributed by atoms with Gasteiger partial charge in [0.1, 0.15) is 5.82 Å². The number of benzene rings is 1. The first-order chi connectivity index (χ1) is 8.65. The number of nitrogens with one attached hydrogen (secondary N) is 1. The first kappa shape index (κ1) is 11.9. The van der Waals surface area contributed by atoms with Crippen LogP contribution in [0.25, 0.3) is 10.9 Å². The molecule has 0 radical (unpaired) electrons. The van der Waals surface area contributed by atoms with E-state index in [4.69, 9.17) is 0 Å². The fourth-order valence-corrected chi connectivity index (χ4v) is 3.06. The van der Waals surface area contributed by atoms with Gasteiger partial charge >= 0.3 is 0 Å². The van der Waals surface area contributed by atoms with Crippen LogP contribution in [0, 0.1) is 5.82 Å². The van der Waals surface area contributed by atoms with E-state index in [1.165, 1.54) is 18.9 Å². The van der Waals surface area contributed by atoms with Crippen LogP contribution in [0.1, 0.15) is 37.3 Å². The zero-order valence-corrected chi connectivity index (χ0v) is 11.4. The summed E-state index contributed by atoms with van der Waals surface area (Å²) in [5.74, 6) is 0.0792. The summed E-state index contributed by atoms with van der Waals surface area (Å²) in [5.41, 5.74) is 1.50. The van der Waals surface area contributed by atoms with Gasteiger partial charge in [0.05, 0.1) is 9.99 Å². The molecule has 0 unspecified atom stereocenters. The summed E-state index contributed by atoms with van der Waals surface area (Å²) in [6, 6.07) is 4.60. The average Bonchev–Trinajstić information content (AvgIpc) is 2.85. The monoisotopic (exact) mass is 309 g/mol. The minimum atomic E-state index is -0.346. The van der Waals surface area contributed by atoms with E-state index in [1.54, 1.807) is 12.1 Å². The molecule has 0 atom stereocenters. The van der Waals surface area contributed by atoms with Gasteiger partial charge in [-0.1, -0.05) is 12.8 Å². The Bertz CT molecular complexity index is 659. The number of hydrogen-bond donors (Lipinski definition) is 1. The Morgan fingerprint density at radius 2 is 1.94 bits per heavy atom. The van der Waals surface area contributed by atoms with E-state index in [-0.39, 0.29) is 11.2 Å². The SMILES string of the molecule is O=c1cc(C2CCCC2)[nH]c2cc(F)c(Br)cc12. The maximum Gasteiger partial charge on any atom is 0.189 e. The molecule has 0 saturated heterocycles. The number of H-pyrrole nitrogens is 1. The van der Waals surface area contributed by atoms with Crippen molar-refractivity contribution in [2.24, 2.45) is 0 Å². The lowest BCUT2D eigenvalue weighted by Gasteiger charge is -2.11. The third-order valence-corrected chi connectivity index (χ3v) is 4.29. The van der Waals surface area contributed by atoms with Crippen LogP contribution in [0.4, 0.5) is 4.39 Å². The van der Waals surface area contributed by atoms with Crippen LogP contribution in [0.5, 0.6) is 0 Å². The standard InChI is InChI=1S/C14H13BrFNO/c15-10-5-9-13(6-11(10)16)17-12(7-14(9)18)8-3-1-2-4-8/h5-8H,1-4H2,(H,17,18). The van der Waals surface area contributed by atoms with Gasteiger partial charge in [-0.25, -0.2) is 4.39 Å². The Hall–Kier alpha value is -1.16. The predicted octanol–water partition coefficient (Wildman–Crippen LogP) is 4.09. The van der Waals surface area contributed by atoms with Crippen molar-refractivity contribution in [3.05, 3.63) is 44.4 Å². The predicted molar refractivity (Wildman–Crippen MR) is 73.4 cm³/mol. The van der Waals surface area contributed by atoms with Crippen molar-refractivity contribution in [2.75, 3.05) is 0 Å². The maximum atomic E-state index is 13.5. The number of halogens is 2. The maximum absolute atomic E-state index is 13.5. The van der Waals surface area contributed by atoms with Gasteiger partial charge in [0.15, 0.2) is 5.43 Å². The van der Waals surface area contributed by atoms with Gasteiger partial charge < -0.3 is 4.98 Å². The highest BCUT2D eigenvalue weighted by Gasteiger charge is 2.19. The highest BCUT2D eigenvalue weighted by atomic mass is 79.9. The molecule has 0 aliphatic heterocycles. The fraction of sp³-hybridized carbons (Fsp3) is 0.357. The van der Waals surface area contributed by atoms with Crippen molar-refractivity contribution in [1.82, 2.24) is 4.98 Å². The molecule has 0 bridgehead atoms. The summed E-state index contributed by atoms with van der Waals surface area (Å²) in [7, 11) is 0. The molecular weight excluding hydrogens is 297 g/mol. The second-order valence-corrected chi connectivity index (χ2v) is 5.74. The van der Waals surface area contributed by atoms with Crippen molar-refractivity contribution < 1.29 is 4.39 Å². The molecule has 3 rings (SSSR count). The molecule has 4 heteroatoms. The molecule has 18 heavy (non-hydrogen) atoms. The van der Waals surface area contributed by atoms with E-state index >= 15 is 0 Å². The molecule has 1 aliphatic rings. The minimum absolute atomic E-state index is 0.0358. The summed E-state index contributed by atoms with van der Waals surface area (Å²) >= 11 is 3.11. The van der Waals surface area contributed by atoms with Crippen LogP contribution >= 0.6 is 15.9 Å². The van der Waals surface area contributed by atoms with Crippen molar-refractivity contribution in [2.45, 2.75) is 31.6 Å². The second kappa shape index (κ2) is 4.50. The molecule has 1 aliphatic carbocycles. The number of rotatable bonds is 1. The van der Waals surface area contributed by atoms with E-state index in [1.807, 2.05) is 0 Å². The van der Waals surface area contributed by atoms with Crippen molar-refractivity contribution in [1.29, 1.82) is 0 Å². The number of aromatic nitrogens is 1. The summed E-state index contributed by atoms with van der Waals surface area (Å²) in [5, 5.41) is 0.532. The molecule has 0 amide bonds. The third-order valence-electron chi connectivity index (χ3n) is 3.69. The highest BCUT2D eigenvalue weighted by Crippen LogP contribution is 2.33. The first-order valence-corrected chi connectivity index (χ1v) is 6.96. The fourth-order valence-electron chi connectivity index (χ4n) is 2.72. The zero-order valence-electron chi connectivity index (χ0n) is 9.80. The Morgan fingerprint density at radius 1 is 1.22 bits per heavy atom. The summed E-state index contributed by atoms with van der Waals surface area (Å²) in [4.78, 5) is 15.3. The van der Waals surface area contributed by atoms with Crippen LogP contribution in [0.3, 0.4) is 0 Å². The molecule has 1 fully saturated rings. The smallest absolute Gasteiger partial charge is 0.189 e. The van der Waals surface area contributed by atoms with E-state index in [2.05, 4.69) is 20.9 Å². The minimum Gasteiger partial charge on any atom is -0.358 e. The second-order valence-electron chi connectivity index (χ2n) is 4.88.